The molecule has 1 amide bonds. The van der Waals surface area contributed by atoms with Gasteiger partial charge in [-0.05, 0) is 45.3 Å². The van der Waals surface area contributed by atoms with Gasteiger partial charge >= 0.3 is 0 Å². The standard InChI is InChI=1S/C16H15Br2NO2/c1-21-10-12-4-2-3-11(7-12)9-19-16(20)14-8-13(17)5-6-15(14)18/h2-8H,9-10H2,1H3,(H,19,20). The number of rotatable bonds is 5. The van der Waals surface area contributed by atoms with E-state index < -0.39 is 0 Å². The van der Waals surface area contributed by atoms with Crippen LogP contribution in [0.4, 0.5) is 0 Å². The average molecular weight is 413 g/mol. The molecule has 0 radical (unpaired) electrons. The highest BCUT2D eigenvalue weighted by molar-refractivity contribution is 9.11. The molecule has 0 saturated heterocycles. The second-order valence-electron chi connectivity index (χ2n) is 4.56. The SMILES string of the molecule is COCc1cccc(CNC(=O)c2cc(Br)ccc2Br)c1. The molecule has 0 bridgehead atoms. The highest BCUT2D eigenvalue weighted by Gasteiger charge is 2.10. The van der Waals surface area contributed by atoms with E-state index in [2.05, 4.69) is 37.2 Å². The van der Waals surface area contributed by atoms with Gasteiger partial charge in [0.1, 0.15) is 0 Å². The number of amides is 1. The van der Waals surface area contributed by atoms with Crippen LogP contribution in [0.2, 0.25) is 0 Å². The summed E-state index contributed by atoms with van der Waals surface area (Å²) in [5, 5.41) is 2.92. The smallest absolute Gasteiger partial charge is 0.252 e. The van der Waals surface area contributed by atoms with E-state index in [9.17, 15) is 4.79 Å². The lowest BCUT2D eigenvalue weighted by Crippen LogP contribution is -2.23. The summed E-state index contributed by atoms with van der Waals surface area (Å²) >= 11 is 6.76. The number of nitrogens with one attached hydrogen (secondary N) is 1. The van der Waals surface area contributed by atoms with E-state index >= 15 is 0 Å². The predicted octanol–water partition coefficient (Wildman–Crippen LogP) is 4.29. The first-order valence-electron chi connectivity index (χ1n) is 6.40. The van der Waals surface area contributed by atoms with Crippen LogP contribution in [0.5, 0.6) is 0 Å². The van der Waals surface area contributed by atoms with Gasteiger partial charge in [-0.15, -0.1) is 0 Å². The maximum Gasteiger partial charge on any atom is 0.252 e. The van der Waals surface area contributed by atoms with Crippen LogP contribution < -0.4 is 5.32 Å². The molecule has 0 aliphatic heterocycles. The van der Waals surface area contributed by atoms with Crippen molar-refractivity contribution >= 4 is 37.8 Å². The number of carbonyl (C=O) groups excluding carboxylic acids is 1. The highest BCUT2D eigenvalue weighted by atomic mass is 79.9. The molecule has 2 aromatic carbocycles. The van der Waals surface area contributed by atoms with Crippen LogP contribution >= 0.6 is 31.9 Å². The third kappa shape index (κ3) is 4.66. The zero-order chi connectivity index (χ0) is 15.2. The fourth-order valence-corrected chi connectivity index (χ4v) is 2.73. The van der Waals surface area contributed by atoms with Crippen molar-refractivity contribution in [3.63, 3.8) is 0 Å². The Morgan fingerprint density at radius 3 is 2.67 bits per heavy atom. The van der Waals surface area contributed by atoms with Crippen molar-refractivity contribution in [3.8, 4) is 0 Å². The highest BCUT2D eigenvalue weighted by Crippen LogP contribution is 2.21. The van der Waals surface area contributed by atoms with Crippen LogP contribution in [0.1, 0.15) is 21.5 Å². The molecule has 0 saturated carbocycles. The molecule has 2 rings (SSSR count). The first kappa shape index (κ1) is 16.2. The van der Waals surface area contributed by atoms with Crippen molar-refractivity contribution in [2.75, 3.05) is 7.11 Å². The summed E-state index contributed by atoms with van der Waals surface area (Å²) in [7, 11) is 1.67. The van der Waals surface area contributed by atoms with Gasteiger partial charge in [0.15, 0.2) is 0 Å². The molecular weight excluding hydrogens is 398 g/mol. The quantitative estimate of drug-likeness (QED) is 0.795. The molecule has 0 heterocycles. The average Bonchev–Trinajstić information content (AvgIpc) is 2.48. The Morgan fingerprint density at radius 1 is 1.14 bits per heavy atom. The zero-order valence-electron chi connectivity index (χ0n) is 11.5. The summed E-state index contributed by atoms with van der Waals surface area (Å²) in [6, 6.07) is 13.5. The molecule has 21 heavy (non-hydrogen) atoms. The Kier molecular flexibility index (Phi) is 5.96. The molecule has 0 atom stereocenters. The maximum absolute atomic E-state index is 12.2. The van der Waals surface area contributed by atoms with E-state index in [0.29, 0.717) is 18.7 Å². The monoisotopic (exact) mass is 411 g/mol. The number of benzene rings is 2. The summed E-state index contributed by atoms with van der Waals surface area (Å²) < 4.78 is 6.76. The Balaban J connectivity index is 2.04. The minimum Gasteiger partial charge on any atom is -0.380 e. The molecular formula is C16H15Br2NO2. The van der Waals surface area contributed by atoms with Crippen molar-refractivity contribution in [2.45, 2.75) is 13.2 Å². The van der Waals surface area contributed by atoms with E-state index in [1.54, 1.807) is 13.2 Å². The number of ether oxygens (including phenoxy) is 1. The lowest BCUT2D eigenvalue weighted by atomic mass is 10.1. The van der Waals surface area contributed by atoms with Crippen LogP contribution in [0.15, 0.2) is 51.4 Å². The normalized spacial score (nSPS) is 10.4. The Morgan fingerprint density at radius 2 is 1.90 bits per heavy atom. The fraction of sp³-hybridized carbons (Fsp3) is 0.188. The molecule has 0 unspecified atom stereocenters. The topological polar surface area (TPSA) is 38.3 Å². The molecule has 0 spiro atoms. The molecule has 5 heteroatoms. The molecule has 0 aliphatic rings. The van der Waals surface area contributed by atoms with E-state index in [0.717, 1.165) is 20.1 Å². The third-order valence-corrected chi connectivity index (χ3v) is 4.11. The number of hydrogen-bond acceptors (Lipinski definition) is 2. The minimum atomic E-state index is -0.111. The van der Waals surface area contributed by atoms with Gasteiger partial charge in [-0.25, -0.2) is 0 Å². The van der Waals surface area contributed by atoms with Crippen molar-refractivity contribution in [2.24, 2.45) is 0 Å². The molecule has 0 aromatic heterocycles. The Hall–Kier alpha value is -1.17. The van der Waals surface area contributed by atoms with Gasteiger partial charge in [-0.1, -0.05) is 40.2 Å². The van der Waals surface area contributed by atoms with Gasteiger partial charge in [0, 0.05) is 22.6 Å². The predicted molar refractivity (Wildman–Crippen MR) is 90.2 cm³/mol. The summed E-state index contributed by atoms with van der Waals surface area (Å²) in [6.45, 7) is 1.05. The molecule has 3 nitrogen and oxygen atoms in total. The number of methoxy groups -OCH3 is 1. The van der Waals surface area contributed by atoms with Crippen LogP contribution in [-0.2, 0) is 17.9 Å². The van der Waals surface area contributed by atoms with Crippen molar-refractivity contribution < 1.29 is 9.53 Å². The molecule has 1 N–H and O–H groups in total. The second kappa shape index (κ2) is 7.73. The lowest BCUT2D eigenvalue weighted by molar-refractivity contribution is 0.0950. The van der Waals surface area contributed by atoms with Crippen LogP contribution in [-0.4, -0.2) is 13.0 Å². The van der Waals surface area contributed by atoms with Gasteiger partial charge in [0.05, 0.1) is 12.2 Å². The van der Waals surface area contributed by atoms with Gasteiger partial charge in [0.2, 0.25) is 0 Å². The summed E-state index contributed by atoms with van der Waals surface area (Å²) in [5.74, 6) is -0.111. The summed E-state index contributed by atoms with van der Waals surface area (Å²) in [4.78, 5) is 12.2. The van der Waals surface area contributed by atoms with Crippen molar-refractivity contribution in [1.82, 2.24) is 5.32 Å². The third-order valence-electron chi connectivity index (χ3n) is 2.93. The molecule has 0 aliphatic carbocycles. The van der Waals surface area contributed by atoms with Crippen LogP contribution in [0.25, 0.3) is 0 Å². The molecule has 2 aromatic rings. The molecule has 110 valence electrons. The number of halogens is 2. The van der Waals surface area contributed by atoms with Crippen molar-refractivity contribution in [3.05, 3.63) is 68.1 Å². The van der Waals surface area contributed by atoms with Gasteiger partial charge in [-0.2, -0.15) is 0 Å². The van der Waals surface area contributed by atoms with Gasteiger partial charge in [0.25, 0.3) is 5.91 Å². The largest absolute Gasteiger partial charge is 0.380 e. The summed E-state index contributed by atoms with van der Waals surface area (Å²) in [5.41, 5.74) is 2.74. The Labute approximate surface area is 141 Å². The van der Waals surface area contributed by atoms with Gasteiger partial charge in [-0.3, -0.25) is 4.79 Å². The van der Waals surface area contributed by atoms with E-state index in [4.69, 9.17) is 4.74 Å². The zero-order valence-corrected chi connectivity index (χ0v) is 14.7. The second-order valence-corrected chi connectivity index (χ2v) is 6.33. The van der Waals surface area contributed by atoms with Crippen LogP contribution in [0, 0.1) is 0 Å². The fourth-order valence-electron chi connectivity index (χ4n) is 1.95. The maximum atomic E-state index is 12.2. The van der Waals surface area contributed by atoms with Crippen molar-refractivity contribution in [1.29, 1.82) is 0 Å². The Bertz CT molecular complexity index is 644. The minimum absolute atomic E-state index is 0.111. The first-order valence-corrected chi connectivity index (χ1v) is 7.99. The first-order chi connectivity index (χ1) is 10.1. The van der Waals surface area contributed by atoms with Gasteiger partial charge < -0.3 is 10.1 Å². The lowest BCUT2D eigenvalue weighted by Gasteiger charge is -2.09. The van der Waals surface area contributed by atoms with E-state index in [-0.39, 0.29) is 5.91 Å². The molecule has 0 fully saturated rings. The van der Waals surface area contributed by atoms with Crippen LogP contribution in [0.3, 0.4) is 0 Å². The van der Waals surface area contributed by atoms with E-state index in [1.807, 2.05) is 36.4 Å². The summed E-state index contributed by atoms with van der Waals surface area (Å²) in [6.07, 6.45) is 0. The number of carbonyl (C=O) groups is 1. The number of hydrogen-bond donors (Lipinski definition) is 1. The van der Waals surface area contributed by atoms with E-state index in [1.165, 1.54) is 0 Å².